The molecule has 0 saturated heterocycles. The molecule has 0 fully saturated rings. The van der Waals surface area contributed by atoms with Crippen LogP contribution in [-0.4, -0.2) is 13.1 Å². The Morgan fingerprint density at radius 1 is 1.32 bits per heavy atom. The minimum absolute atomic E-state index is 0.0827. The second kappa shape index (κ2) is 8.05. The van der Waals surface area contributed by atoms with Crippen molar-refractivity contribution in [2.75, 3.05) is 13.1 Å². The van der Waals surface area contributed by atoms with Gasteiger partial charge in [-0.25, -0.2) is 8.78 Å². The van der Waals surface area contributed by atoms with Gasteiger partial charge < -0.3 is 5.32 Å². The summed E-state index contributed by atoms with van der Waals surface area (Å²) in [6.45, 7) is 8.19. The summed E-state index contributed by atoms with van der Waals surface area (Å²) in [6.07, 6.45) is 0.515. The third kappa shape index (κ3) is 5.97. The topological polar surface area (TPSA) is 12.0 Å². The third-order valence-electron chi connectivity index (χ3n) is 2.89. The molecule has 1 nitrogen and oxygen atoms in total. The molecule has 0 aliphatic rings. The number of halogens is 2. The van der Waals surface area contributed by atoms with Crippen LogP contribution in [0.3, 0.4) is 0 Å². The van der Waals surface area contributed by atoms with Gasteiger partial charge in [-0.15, -0.1) is 0 Å². The van der Waals surface area contributed by atoms with E-state index in [-0.39, 0.29) is 5.56 Å². The zero-order chi connectivity index (χ0) is 14.3. The van der Waals surface area contributed by atoms with Crippen molar-refractivity contribution in [3.63, 3.8) is 0 Å². The Balaban J connectivity index is 2.71. The maximum Gasteiger partial charge on any atom is 0.263 e. The molecule has 19 heavy (non-hydrogen) atoms. The van der Waals surface area contributed by atoms with Gasteiger partial charge in [-0.1, -0.05) is 50.6 Å². The third-order valence-corrected chi connectivity index (χ3v) is 2.89. The van der Waals surface area contributed by atoms with Crippen LogP contribution in [0.2, 0.25) is 0 Å². The number of alkyl halides is 2. The molecule has 1 aromatic carbocycles. The van der Waals surface area contributed by atoms with Crippen LogP contribution in [0.25, 0.3) is 6.08 Å². The summed E-state index contributed by atoms with van der Waals surface area (Å²) in [5, 5.41) is 3.38. The number of rotatable bonds is 7. The van der Waals surface area contributed by atoms with E-state index in [9.17, 15) is 8.78 Å². The van der Waals surface area contributed by atoms with E-state index in [0.29, 0.717) is 5.92 Å². The van der Waals surface area contributed by atoms with Crippen molar-refractivity contribution < 1.29 is 8.78 Å². The average molecular weight is 267 g/mol. The summed E-state index contributed by atoms with van der Waals surface area (Å²) in [4.78, 5) is 0. The minimum atomic E-state index is -2.41. The molecule has 0 aliphatic carbocycles. The largest absolute Gasteiger partial charge is 0.313 e. The van der Waals surface area contributed by atoms with Gasteiger partial charge in [0, 0.05) is 12.1 Å². The van der Waals surface area contributed by atoms with E-state index < -0.39 is 6.43 Å². The van der Waals surface area contributed by atoms with Gasteiger partial charge in [0.2, 0.25) is 0 Å². The van der Waals surface area contributed by atoms with E-state index in [4.69, 9.17) is 0 Å². The van der Waals surface area contributed by atoms with Crippen molar-refractivity contribution in [3.8, 4) is 0 Å². The standard InChI is InChI=1S/C16H23F2N/c1-4-13(11-19-10-12(2)3)8-14-6-5-7-15(9-14)16(17)18/h5-9,12,16,19H,4,10-11H2,1-3H3/b13-8-. The van der Waals surface area contributed by atoms with Gasteiger partial charge >= 0.3 is 0 Å². The minimum Gasteiger partial charge on any atom is -0.313 e. The highest BCUT2D eigenvalue weighted by molar-refractivity contribution is 5.54. The molecule has 0 amide bonds. The average Bonchev–Trinajstić information content (AvgIpc) is 2.37. The van der Waals surface area contributed by atoms with Crippen LogP contribution >= 0.6 is 0 Å². The monoisotopic (exact) mass is 267 g/mol. The molecule has 0 saturated carbocycles. The van der Waals surface area contributed by atoms with E-state index in [2.05, 4.69) is 26.1 Å². The summed E-state index contributed by atoms with van der Waals surface area (Å²) in [6, 6.07) is 6.57. The first-order chi connectivity index (χ1) is 9.02. The van der Waals surface area contributed by atoms with Crippen molar-refractivity contribution in [2.45, 2.75) is 33.6 Å². The fourth-order valence-electron chi connectivity index (χ4n) is 1.82. The molecule has 1 rings (SSSR count). The van der Waals surface area contributed by atoms with E-state index in [1.54, 1.807) is 12.1 Å². The van der Waals surface area contributed by atoms with E-state index in [1.807, 2.05) is 12.1 Å². The summed E-state index contributed by atoms with van der Waals surface area (Å²) >= 11 is 0. The fourth-order valence-corrected chi connectivity index (χ4v) is 1.82. The Hall–Kier alpha value is -1.22. The predicted molar refractivity (Wildman–Crippen MR) is 77.4 cm³/mol. The molecule has 0 aromatic heterocycles. The molecular weight excluding hydrogens is 244 g/mol. The number of benzene rings is 1. The molecule has 0 atom stereocenters. The first kappa shape index (κ1) is 15.8. The lowest BCUT2D eigenvalue weighted by molar-refractivity contribution is 0.151. The highest BCUT2D eigenvalue weighted by Gasteiger charge is 2.06. The summed E-state index contributed by atoms with van der Waals surface area (Å²) in [5.74, 6) is 0.611. The van der Waals surface area contributed by atoms with Crippen molar-refractivity contribution in [1.82, 2.24) is 5.32 Å². The van der Waals surface area contributed by atoms with E-state index in [1.165, 1.54) is 11.6 Å². The van der Waals surface area contributed by atoms with Crippen molar-refractivity contribution >= 4 is 6.08 Å². The van der Waals surface area contributed by atoms with Crippen LogP contribution in [0, 0.1) is 5.92 Å². The molecule has 0 spiro atoms. The van der Waals surface area contributed by atoms with Gasteiger partial charge in [0.15, 0.2) is 0 Å². The van der Waals surface area contributed by atoms with Gasteiger partial charge in [-0.2, -0.15) is 0 Å². The van der Waals surface area contributed by atoms with Gasteiger partial charge in [-0.05, 0) is 30.5 Å². The quantitative estimate of drug-likeness (QED) is 0.757. The molecule has 106 valence electrons. The van der Waals surface area contributed by atoms with Crippen LogP contribution in [0.5, 0.6) is 0 Å². The first-order valence-corrected chi connectivity index (χ1v) is 6.81. The number of hydrogen-bond donors (Lipinski definition) is 1. The smallest absolute Gasteiger partial charge is 0.263 e. The van der Waals surface area contributed by atoms with E-state index in [0.717, 1.165) is 25.1 Å². The van der Waals surface area contributed by atoms with Crippen LogP contribution in [0.1, 0.15) is 44.7 Å². The SMILES string of the molecule is CC/C(=C/c1cccc(C(F)F)c1)CNCC(C)C. The normalized spacial score (nSPS) is 12.5. The Bertz CT molecular complexity index is 411. The summed E-state index contributed by atoms with van der Waals surface area (Å²) in [7, 11) is 0. The van der Waals surface area contributed by atoms with E-state index >= 15 is 0 Å². The zero-order valence-electron chi connectivity index (χ0n) is 11.9. The molecule has 0 radical (unpaired) electrons. The molecule has 0 bridgehead atoms. The molecule has 1 N–H and O–H groups in total. The van der Waals surface area contributed by atoms with Crippen molar-refractivity contribution in [1.29, 1.82) is 0 Å². The molecule has 0 unspecified atom stereocenters. The Labute approximate surface area is 114 Å². The number of nitrogens with one attached hydrogen (secondary N) is 1. The first-order valence-electron chi connectivity index (χ1n) is 6.81. The predicted octanol–water partition coefficient (Wildman–Crippen LogP) is 4.66. The Morgan fingerprint density at radius 2 is 2.05 bits per heavy atom. The molecular formula is C16H23F2N. The summed E-state index contributed by atoms with van der Waals surface area (Å²) < 4.78 is 25.2. The van der Waals surface area contributed by atoms with Gasteiger partial charge in [0.25, 0.3) is 6.43 Å². The zero-order valence-corrected chi connectivity index (χ0v) is 11.9. The van der Waals surface area contributed by atoms with Gasteiger partial charge in [0.05, 0.1) is 0 Å². The van der Waals surface area contributed by atoms with Crippen LogP contribution < -0.4 is 5.32 Å². The lowest BCUT2D eigenvalue weighted by Gasteiger charge is -2.10. The molecule has 0 heterocycles. The molecule has 1 aromatic rings. The van der Waals surface area contributed by atoms with Gasteiger partial charge in [0.1, 0.15) is 0 Å². The second-order valence-electron chi connectivity index (χ2n) is 5.15. The van der Waals surface area contributed by atoms with Crippen LogP contribution in [0.15, 0.2) is 29.8 Å². The van der Waals surface area contributed by atoms with Crippen molar-refractivity contribution in [2.24, 2.45) is 5.92 Å². The van der Waals surface area contributed by atoms with Crippen LogP contribution in [0.4, 0.5) is 8.78 Å². The fraction of sp³-hybridized carbons (Fsp3) is 0.500. The van der Waals surface area contributed by atoms with Crippen molar-refractivity contribution in [3.05, 3.63) is 41.0 Å². The van der Waals surface area contributed by atoms with Gasteiger partial charge in [-0.3, -0.25) is 0 Å². The lowest BCUT2D eigenvalue weighted by atomic mass is 10.1. The lowest BCUT2D eigenvalue weighted by Crippen LogP contribution is -2.21. The number of hydrogen-bond acceptors (Lipinski definition) is 1. The maximum absolute atomic E-state index is 12.6. The molecule has 3 heteroatoms. The highest BCUT2D eigenvalue weighted by Crippen LogP contribution is 2.20. The van der Waals surface area contributed by atoms with Crippen LogP contribution in [-0.2, 0) is 0 Å². The highest BCUT2D eigenvalue weighted by atomic mass is 19.3. The molecule has 0 aliphatic heterocycles. The summed E-state index contributed by atoms with van der Waals surface area (Å²) in [5.41, 5.74) is 2.16. The maximum atomic E-state index is 12.6. The Kier molecular flexibility index (Phi) is 6.71. The Morgan fingerprint density at radius 3 is 2.63 bits per heavy atom. The second-order valence-corrected chi connectivity index (χ2v) is 5.15.